The van der Waals surface area contributed by atoms with Crippen molar-refractivity contribution in [1.29, 1.82) is 0 Å². The molecule has 2 N–H and O–H groups in total. The highest BCUT2D eigenvalue weighted by atomic mass is 15.1. The Morgan fingerprint density at radius 2 is 2.05 bits per heavy atom. The van der Waals surface area contributed by atoms with Crippen molar-refractivity contribution in [2.24, 2.45) is 0 Å². The third kappa shape index (κ3) is 2.56. The summed E-state index contributed by atoms with van der Waals surface area (Å²) >= 11 is 0. The van der Waals surface area contributed by atoms with Crippen molar-refractivity contribution < 1.29 is 0 Å². The van der Waals surface area contributed by atoms with Gasteiger partial charge >= 0.3 is 0 Å². The Kier molecular flexibility index (Phi) is 3.38. The van der Waals surface area contributed by atoms with E-state index in [1.807, 2.05) is 0 Å². The SMILES string of the molecule is Cc1ccc(-c2cc(C3CCCNC3)[nH]n2)cc1C. The number of aryl methyl sites for hydroxylation is 2. The third-order valence-electron chi connectivity index (χ3n) is 4.14. The number of aromatic amines is 1. The first kappa shape index (κ1) is 12.4. The highest BCUT2D eigenvalue weighted by Gasteiger charge is 2.17. The highest BCUT2D eigenvalue weighted by Crippen LogP contribution is 2.26. The number of aromatic nitrogens is 2. The molecule has 1 unspecified atom stereocenters. The number of hydrogen-bond acceptors (Lipinski definition) is 2. The molecule has 3 rings (SSSR count). The van der Waals surface area contributed by atoms with Gasteiger partial charge in [0.15, 0.2) is 0 Å². The maximum atomic E-state index is 4.48. The standard InChI is InChI=1S/C16H21N3/c1-11-5-6-13(8-12(11)2)15-9-16(19-18-15)14-4-3-7-17-10-14/h5-6,8-9,14,17H,3-4,7,10H2,1-2H3,(H,18,19). The Morgan fingerprint density at radius 1 is 1.16 bits per heavy atom. The zero-order valence-corrected chi connectivity index (χ0v) is 11.7. The summed E-state index contributed by atoms with van der Waals surface area (Å²) in [5.74, 6) is 0.585. The average molecular weight is 255 g/mol. The Morgan fingerprint density at radius 3 is 2.79 bits per heavy atom. The van der Waals surface area contributed by atoms with E-state index < -0.39 is 0 Å². The molecule has 0 radical (unpaired) electrons. The van der Waals surface area contributed by atoms with E-state index in [0.717, 1.165) is 18.8 Å². The van der Waals surface area contributed by atoms with Gasteiger partial charge in [-0.1, -0.05) is 12.1 Å². The van der Waals surface area contributed by atoms with Crippen LogP contribution in [0.4, 0.5) is 0 Å². The molecule has 1 aromatic heterocycles. The molecule has 3 heteroatoms. The lowest BCUT2D eigenvalue weighted by Gasteiger charge is -2.21. The van der Waals surface area contributed by atoms with Gasteiger partial charge in [0.05, 0.1) is 5.69 Å². The lowest BCUT2D eigenvalue weighted by molar-refractivity contribution is 0.454. The molecule has 0 spiro atoms. The Hall–Kier alpha value is -1.61. The van der Waals surface area contributed by atoms with Crippen LogP contribution >= 0.6 is 0 Å². The maximum absolute atomic E-state index is 4.48. The van der Waals surface area contributed by atoms with Gasteiger partial charge in [-0.2, -0.15) is 5.10 Å². The van der Waals surface area contributed by atoms with Gasteiger partial charge in [0, 0.05) is 23.7 Å². The zero-order valence-electron chi connectivity index (χ0n) is 11.7. The number of rotatable bonds is 2. The van der Waals surface area contributed by atoms with Crippen LogP contribution in [-0.4, -0.2) is 23.3 Å². The molecule has 1 aliphatic rings. The minimum Gasteiger partial charge on any atom is -0.316 e. The predicted octanol–water partition coefficient (Wildman–Crippen LogP) is 3.16. The lowest BCUT2D eigenvalue weighted by Crippen LogP contribution is -2.28. The molecule has 1 atom stereocenters. The van der Waals surface area contributed by atoms with Crippen molar-refractivity contribution >= 4 is 0 Å². The van der Waals surface area contributed by atoms with Gasteiger partial charge in [-0.15, -0.1) is 0 Å². The van der Waals surface area contributed by atoms with Crippen LogP contribution in [0.3, 0.4) is 0 Å². The first-order valence-electron chi connectivity index (χ1n) is 7.07. The Balaban J connectivity index is 1.85. The van der Waals surface area contributed by atoms with Crippen LogP contribution in [0.25, 0.3) is 11.3 Å². The number of nitrogens with zero attached hydrogens (tertiary/aromatic N) is 1. The van der Waals surface area contributed by atoms with E-state index in [1.165, 1.54) is 35.2 Å². The summed E-state index contributed by atoms with van der Waals surface area (Å²) in [5.41, 5.74) is 6.18. The van der Waals surface area contributed by atoms with E-state index in [4.69, 9.17) is 0 Å². The zero-order chi connectivity index (χ0) is 13.2. The number of hydrogen-bond donors (Lipinski definition) is 2. The van der Waals surface area contributed by atoms with E-state index in [1.54, 1.807) is 0 Å². The molecule has 0 aliphatic carbocycles. The van der Waals surface area contributed by atoms with Crippen LogP contribution in [0, 0.1) is 13.8 Å². The van der Waals surface area contributed by atoms with Crippen LogP contribution < -0.4 is 5.32 Å². The summed E-state index contributed by atoms with van der Waals surface area (Å²) < 4.78 is 0. The molecule has 2 aromatic rings. The molecule has 1 fully saturated rings. The van der Waals surface area contributed by atoms with E-state index in [9.17, 15) is 0 Å². The molecule has 0 saturated carbocycles. The summed E-state index contributed by atoms with van der Waals surface area (Å²) in [6, 6.07) is 8.75. The molecule has 2 heterocycles. The summed E-state index contributed by atoms with van der Waals surface area (Å²) in [5, 5.41) is 11.1. The molecular weight excluding hydrogens is 234 g/mol. The van der Waals surface area contributed by atoms with Crippen molar-refractivity contribution in [3.8, 4) is 11.3 Å². The molecule has 19 heavy (non-hydrogen) atoms. The monoisotopic (exact) mass is 255 g/mol. The van der Waals surface area contributed by atoms with Gasteiger partial charge in [-0.3, -0.25) is 5.10 Å². The molecular formula is C16H21N3. The Labute approximate surface area is 114 Å². The predicted molar refractivity (Wildman–Crippen MR) is 78.3 cm³/mol. The van der Waals surface area contributed by atoms with Gasteiger partial charge in [0.2, 0.25) is 0 Å². The van der Waals surface area contributed by atoms with E-state index in [0.29, 0.717) is 5.92 Å². The molecule has 3 nitrogen and oxygen atoms in total. The first-order chi connectivity index (χ1) is 9.24. The fourth-order valence-electron chi connectivity index (χ4n) is 2.71. The topological polar surface area (TPSA) is 40.7 Å². The largest absolute Gasteiger partial charge is 0.316 e. The van der Waals surface area contributed by atoms with E-state index >= 15 is 0 Å². The summed E-state index contributed by atoms with van der Waals surface area (Å²) in [6.07, 6.45) is 2.50. The second-order valence-corrected chi connectivity index (χ2v) is 5.55. The summed E-state index contributed by atoms with van der Waals surface area (Å²) in [6.45, 7) is 6.50. The highest BCUT2D eigenvalue weighted by molar-refractivity contribution is 5.61. The average Bonchev–Trinajstić information content (AvgIpc) is 2.93. The second kappa shape index (κ2) is 5.17. The van der Waals surface area contributed by atoms with E-state index in [-0.39, 0.29) is 0 Å². The Bertz CT molecular complexity index is 565. The van der Waals surface area contributed by atoms with E-state index in [2.05, 4.69) is 53.6 Å². The van der Waals surface area contributed by atoms with Gasteiger partial charge in [-0.05, 0) is 56.5 Å². The quantitative estimate of drug-likeness (QED) is 0.865. The fraction of sp³-hybridized carbons (Fsp3) is 0.438. The second-order valence-electron chi connectivity index (χ2n) is 5.55. The van der Waals surface area contributed by atoms with Crippen molar-refractivity contribution in [2.75, 3.05) is 13.1 Å². The van der Waals surface area contributed by atoms with Gasteiger partial charge in [0.25, 0.3) is 0 Å². The lowest BCUT2D eigenvalue weighted by atomic mass is 9.95. The normalized spacial score (nSPS) is 19.6. The minimum atomic E-state index is 0.585. The molecule has 0 bridgehead atoms. The van der Waals surface area contributed by atoms with Gasteiger partial charge in [-0.25, -0.2) is 0 Å². The van der Waals surface area contributed by atoms with Crippen LogP contribution in [0.5, 0.6) is 0 Å². The van der Waals surface area contributed by atoms with Crippen LogP contribution in [0.1, 0.15) is 35.6 Å². The maximum Gasteiger partial charge on any atom is 0.0923 e. The fourth-order valence-corrected chi connectivity index (χ4v) is 2.71. The number of H-pyrrole nitrogens is 1. The number of nitrogens with one attached hydrogen (secondary N) is 2. The van der Waals surface area contributed by atoms with Crippen molar-refractivity contribution in [3.05, 3.63) is 41.1 Å². The van der Waals surface area contributed by atoms with Crippen LogP contribution in [0.15, 0.2) is 24.3 Å². The number of benzene rings is 1. The minimum absolute atomic E-state index is 0.585. The molecule has 1 aliphatic heterocycles. The molecule has 100 valence electrons. The van der Waals surface area contributed by atoms with Gasteiger partial charge in [0.1, 0.15) is 0 Å². The molecule has 1 aromatic carbocycles. The summed E-state index contributed by atoms with van der Waals surface area (Å²) in [7, 11) is 0. The first-order valence-corrected chi connectivity index (χ1v) is 7.07. The van der Waals surface area contributed by atoms with Crippen LogP contribution in [0.2, 0.25) is 0 Å². The molecule has 0 amide bonds. The van der Waals surface area contributed by atoms with Crippen molar-refractivity contribution in [2.45, 2.75) is 32.6 Å². The molecule has 1 saturated heterocycles. The van der Waals surface area contributed by atoms with Crippen molar-refractivity contribution in [3.63, 3.8) is 0 Å². The van der Waals surface area contributed by atoms with Crippen LogP contribution in [-0.2, 0) is 0 Å². The smallest absolute Gasteiger partial charge is 0.0923 e. The number of piperidine rings is 1. The third-order valence-corrected chi connectivity index (χ3v) is 4.14. The van der Waals surface area contributed by atoms with Gasteiger partial charge < -0.3 is 5.32 Å². The summed E-state index contributed by atoms with van der Waals surface area (Å²) in [4.78, 5) is 0. The van der Waals surface area contributed by atoms with Crippen molar-refractivity contribution in [1.82, 2.24) is 15.5 Å².